The number of likely N-dealkylation sites (N-methyl/N-ethyl adjacent to an activating group) is 1. The standard InChI is InChI=1S/C12H14N4O3/c1-2-13-8-7-11-14-12(15-19-11)9-5-3-4-6-10(9)16(17)18/h3-6,13H,2,7-8H2,1H3. The summed E-state index contributed by atoms with van der Waals surface area (Å²) in [6.45, 7) is 3.60. The molecule has 1 aromatic carbocycles. The lowest BCUT2D eigenvalue weighted by molar-refractivity contribution is -0.384. The lowest BCUT2D eigenvalue weighted by Crippen LogP contribution is -2.16. The molecule has 0 saturated carbocycles. The summed E-state index contributed by atoms with van der Waals surface area (Å²) in [5.74, 6) is 0.716. The van der Waals surface area contributed by atoms with Crippen LogP contribution in [0.4, 0.5) is 5.69 Å². The summed E-state index contributed by atoms with van der Waals surface area (Å²) in [5.41, 5.74) is 0.340. The summed E-state index contributed by atoms with van der Waals surface area (Å²) in [4.78, 5) is 14.6. The lowest BCUT2D eigenvalue weighted by Gasteiger charge is -1.96. The number of nitrogens with zero attached hydrogens (tertiary/aromatic N) is 3. The molecule has 2 aromatic rings. The van der Waals surface area contributed by atoms with Crippen LogP contribution in [0.25, 0.3) is 11.4 Å². The minimum Gasteiger partial charge on any atom is -0.339 e. The van der Waals surface area contributed by atoms with E-state index in [0.717, 1.165) is 13.1 Å². The van der Waals surface area contributed by atoms with Crippen molar-refractivity contribution in [3.05, 3.63) is 40.3 Å². The number of nitro groups is 1. The zero-order chi connectivity index (χ0) is 13.7. The van der Waals surface area contributed by atoms with Crippen LogP contribution < -0.4 is 5.32 Å². The molecule has 100 valence electrons. The molecule has 0 aliphatic rings. The van der Waals surface area contributed by atoms with E-state index < -0.39 is 4.92 Å². The fourth-order valence-electron chi connectivity index (χ4n) is 1.66. The minimum atomic E-state index is -0.454. The number of aromatic nitrogens is 2. The van der Waals surface area contributed by atoms with E-state index in [0.29, 0.717) is 17.9 Å². The van der Waals surface area contributed by atoms with Gasteiger partial charge in [-0.1, -0.05) is 24.2 Å². The van der Waals surface area contributed by atoms with E-state index >= 15 is 0 Å². The molecule has 1 N–H and O–H groups in total. The molecule has 0 radical (unpaired) electrons. The van der Waals surface area contributed by atoms with Crippen molar-refractivity contribution in [2.75, 3.05) is 13.1 Å². The molecule has 0 unspecified atom stereocenters. The van der Waals surface area contributed by atoms with E-state index in [1.807, 2.05) is 6.92 Å². The number of rotatable bonds is 6. The monoisotopic (exact) mass is 262 g/mol. The highest BCUT2D eigenvalue weighted by Crippen LogP contribution is 2.26. The van der Waals surface area contributed by atoms with Crippen LogP contribution in [0.3, 0.4) is 0 Å². The maximum atomic E-state index is 10.9. The molecule has 7 heteroatoms. The van der Waals surface area contributed by atoms with Crippen LogP contribution in [-0.2, 0) is 6.42 Å². The molecule has 1 heterocycles. The van der Waals surface area contributed by atoms with Gasteiger partial charge in [-0.3, -0.25) is 10.1 Å². The molecular weight excluding hydrogens is 248 g/mol. The number of para-hydroxylation sites is 1. The molecule has 0 fully saturated rings. The second-order valence-electron chi connectivity index (χ2n) is 3.89. The Labute approximate surface area is 109 Å². The number of hydrogen-bond acceptors (Lipinski definition) is 6. The zero-order valence-corrected chi connectivity index (χ0v) is 10.5. The van der Waals surface area contributed by atoms with Crippen molar-refractivity contribution in [1.29, 1.82) is 0 Å². The molecule has 0 aliphatic heterocycles. The number of nitro benzene ring substituents is 1. The van der Waals surface area contributed by atoms with Gasteiger partial charge in [0, 0.05) is 19.0 Å². The van der Waals surface area contributed by atoms with Crippen molar-refractivity contribution in [1.82, 2.24) is 15.5 Å². The van der Waals surface area contributed by atoms with Crippen LogP contribution >= 0.6 is 0 Å². The maximum Gasteiger partial charge on any atom is 0.280 e. The van der Waals surface area contributed by atoms with E-state index in [1.54, 1.807) is 18.2 Å². The first-order valence-corrected chi connectivity index (χ1v) is 5.99. The summed E-state index contributed by atoms with van der Waals surface area (Å²) in [6.07, 6.45) is 0.599. The van der Waals surface area contributed by atoms with Crippen LogP contribution in [0.2, 0.25) is 0 Å². The molecule has 0 spiro atoms. The van der Waals surface area contributed by atoms with Crippen molar-refractivity contribution in [2.24, 2.45) is 0 Å². The van der Waals surface area contributed by atoms with Gasteiger partial charge in [0.2, 0.25) is 11.7 Å². The Morgan fingerprint density at radius 3 is 2.95 bits per heavy atom. The largest absolute Gasteiger partial charge is 0.339 e. The van der Waals surface area contributed by atoms with Crippen molar-refractivity contribution in [3.8, 4) is 11.4 Å². The van der Waals surface area contributed by atoms with Gasteiger partial charge in [0.1, 0.15) is 5.56 Å². The SMILES string of the molecule is CCNCCc1nc(-c2ccccc2[N+](=O)[O-])no1. The van der Waals surface area contributed by atoms with Gasteiger partial charge >= 0.3 is 0 Å². The maximum absolute atomic E-state index is 10.9. The predicted molar refractivity (Wildman–Crippen MR) is 68.6 cm³/mol. The van der Waals surface area contributed by atoms with Gasteiger partial charge < -0.3 is 9.84 Å². The average molecular weight is 262 g/mol. The first-order chi connectivity index (χ1) is 9.22. The van der Waals surface area contributed by atoms with E-state index in [4.69, 9.17) is 4.52 Å². The van der Waals surface area contributed by atoms with Crippen LogP contribution in [0.5, 0.6) is 0 Å². The summed E-state index contributed by atoms with van der Waals surface area (Å²) >= 11 is 0. The number of nitrogens with one attached hydrogen (secondary N) is 1. The van der Waals surface area contributed by atoms with Gasteiger partial charge in [-0.25, -0.2) is 0 Å². The van der Waals surface area contributed by atoms with E-state index in [9.17, 15) is 10.1 Å². The molecule has 0 aliphatic carbocycles. The molecule has 0 amide bonds. The second-order valence-corrected chi connectivity index (χ2v) is 3.89. The molecule has 0 bridgehead atoms. The van der Waals surface area contributed by atoms with Crippen LogP contribution in [-0.4, -0.2) is 28.2 Å². The van der Waals surface area contributed by atoms with E-state index in [1.165, 1.54) is 6.07 Å². The summed E-state index contributed by atoms with van der Waals surface area (Å²) in [6, 6.07) is 6.34. The van der Waals surface area contributed by atoms with Crippen molar-refractivity contribution in [3.63, 3.8) is 0 Å². The Balaban J connectivity index is 2.21. The Morgan fingerprint density at radius 1 is 1.42 bits per heavy atom. The summed E-state index contributed by atoms with van der Waals surface area (Å²) in [7, 11) is 0. The summed E-state index contributed by atoms with van der Waals surface area (Å²) < 4.78 is 5.08. The number of benzene rings is 1. The highest BCUT2D eigenvalue weighted by atomic mass is 16.6. The fourth-order valence-corrected chi connectivity index (χ4v) is 1.66. The Kier molecular flexibility index (Phi) is 4.19. The van der Waals surface area contributed by atoms with Crippen molar-refractivity contribution >= 4 is 5.69 Å². The van der Waals surface area contributed by atoms with Gasteiger partial charge in [-0.2, -0.15) is 4.98 Å². The highest BCUT2D eigenvalue weighted by molar-refractivity contribution is 5.67. The Hall–Kier alpha value is -2.28. The Bertz CT molecular complexity index is 568. The van der Waals surface area contributed by atoms with Gasteiger partial charge in [0.15, 0.2) is 0 Å². The van der Waals surface area contributed by atoms with Gasteiger partial charge in [-0.15, -0.1) is 0 Å². The third-order valence-electron chi connectivity index (χ3n) is 2.58. The fraction of sp³-hybridized carbons (Fsp3) is 0.333. The van der Waals surface area contributed by atoms with Crippen LogP contribution in [0.1, 0.15) is 12.8 Å². The average Bonchev–Trinajstić information content (AvgIpc) is 2.88. The molecule has 0 saturated heterocycles. The predicted octanol–water partition coefficient (Wildman–Crippen LogP) is 1.80. The normalized spacial score (nSPS) is 10.6. The molecule has 1 aromatic heterocycles. The zero-order valence-electron chi connectivity index (χ0n) is 10.5. The van der Waals surface area contributed by atoms with E-state index in [2.05, 4.69) is 15.5 Å². The van der Waals surface area contributed by atoms with Crippen LogP contribution in [0.15, 0.2) is 28.8 Å². The topological polar surface area (TPSA) is 94.1 Å². The minimum absolute atomic E-state index is 0.0264. The van der Waals surface area contributed by atoms with Crippen molar-refractivity contribution < 1.29 is 9.45 Å². The molecule has 7 nitrogen and oxygen atoms in total. The van der Waals surface area contributed by atoms with Gasteiger partial charge in [0.25, 0.3) is 5.69 Å². The lowest BCUT2D eigenvalue weighted by atomic mass is 10.2. The molecule has 0 atom stereocenters. The first-order valence-electron chi connectivity index (χ1n) is 5.99. The molecule has 19 heavy (non-hydrogen) atoms. The summed E-state index contributed by atoms with van der Waals surface area (Å²) in [5, 5.41) is 17.9. The second kappa shape index (κ2) is 6.05. The van der Waals surface area contributed by atoms with Gasteiger partial charge in [-0.05, 0) is 12.6 Å². The molecule has 2 rings (SSSR count). The quantitative estimate of drug-likeness (QED) is 0.484. The smallest absolute Gasteiger partial charge is 0.280 e. The van der Waals surface area contributed by atoms with E-state index in [-0.39, 0.29) is 11.5 Å². The van der Waals surface area contributed by atoms with Crippen LogP contribution in [0, 0.1) is 10.1 Å². The highest BCUT2D eigenvalue weighted by Gasteiger charge is 2.18. The molecular formula is C12H14N4O3. The number of hydrogen-bond donors (Lipinski definition) is 1. The van der Waals surface area contributed by atoms with Gasteiger partial charge in [0.05, 0.1) is 4.92 Å². The third kappa shape index (κ3) is 3.14. The first kappa shape index (κ1) is 13.2. The third-order valence-corrected chi connectivity index (χ3v) is 2.58. The van der Waals surface area contributed by atoms with Crippen molar-refractivity contribution in [2.45, 2.75) is 13.3 Å². The Morgan fingerprint density at radius 2 is 2.21 bits per heavy atom.